The van der Waals surface area contributed by atoms with Crippen molar-refractivity contribution >= 4 is 5.82 Å². The molecule has 1 aromatic carbocycles. The Kier molecular flexibility index (Phi) is 3.91. The van der Waals surface area contributed by atoms with Gasteiger partial charge in [0.25, 0.3) is 0 Å². The highest BCUT2D eigenvalue weighted by Gasteiger charge is 2.19. The summed E-state index contributed by atoms with van der Waals surface area (Å²) < 4.78 is 0. The lowest BCUT2D eigenvalue weighted by Crippen LogP contribution is -2.26. The van der Waals surface area contributed by atoms with E-state index in [0.717, 1.165) is 54.5 Å². The lowest BCUT2D eigenvalue weighted by Gasteiger charge is -2.20. The lowest BCUT2D eigenvalue weighted by atomic mass is 10.1. The highest BCUT2D eigenvalue weighted by atomic mass is 15.2. The molecular weight excluding hydrogens is 298 g/mol. The quantitative estimate of drug-likeness (QED) is 0.727. The molecule has 0 N–H and O–H groups in total. The molecule has 4 rings (SSSR count). The summed E-state index contributed by atoms with van der Waals surface area (Å²) in [6, 6.07) is 10.2. The first-order chi connectivity index (χ1) is 11.8. The maximum Gasteiger partial charge on any atom is 0.159 e. The highest BCUT2D eigenvalue weighted by molar-refractivity contribution is 5.55. The Bertz CT molecular complexity index is 833. The molecule has 0 amide bonds. The molecule has 3 aromatic rings. The Morgan fingerprint density at radius 2 is 1.79 bits per heavy atom. The minimum atomic E-state index is 0.819. The molecule has 0 saturated carbocycles. The second kappa shape index (κ2) is 6.35. The molecule has 2 aromatic heterocycles. The van der Waals surface area contributed by atoms with Gasteiger partial charge in [0.2, 0.25) is 0 Å². The number of hydrogen-bond acceptors (Lipinski definition) is 5. The first kappa shape index (κ1) is 14.8. The topological polar surface area (TPSA) is 54.8 Å². The summed E-state index contributed by atoms with van der Waals surface area (Å²) in [5.74, 6) is 1.75. The Morgan fingerprint density at radius 1 is 0.958 bits per heavy atom. The zero-order valence-electron chi connectivity index (χ0n) is 13.7. The van der Waals surface area contributed by atoms with Crippen molar-refractivity contribution in [3.8, 4) is 11.4 Å². The van der Waals surface area contributed by atoms with Crippen molar-refractivity contribution in [3.63, 3.8) is 0 Å². The van der Waals surface area contributed by atoms with Gasteiger partial charge in [-0.1, -0.05) is 30.3 Å². The van der Waals surface area contributed by atoms with Crippen LogP contribution in [0.4, 0.5) is 5.82 Å². The van der Waals surface area contributed by atoms with Gasteiger partial charge in [0, 0.05) is 48.9 Å². The Morgan fingerprint density at radius 3 is 2.58 bits per heavy atom. The molecule has 1 aliphatic rings. The molecular formula is C19H19N5. The first-order valence-electron chi connectivity index (χ1n) is 8.24. The standard InChI is InChI=1S/C19H19N5/c1-14-16-7-11-24(18-13-20-9-10-21-18)12-8-17(16)23-19(22-14)15-5-3-2-4-6-15/h2-6,9-10,13H,7-8,11-12H2,1H3. The number of aromatic nitrogens is 4. The van der Waals surface area contributed by atoms with Gasteiger partial charge in [-0.2, -0.15) is 0 Å². The van der Waals surface area contributed by atoms with E-state index >= 15 is 0 Å². The fraction of sp³-hybridized carbons (Fsp3) is 0.263. The Labute approximate surface area is 141 Å². The predicted octanol–water partition coefficient (Wildman–Crippen LogP) is 2.85. The predicted molar refractivity (Wildman–Crippen MR) is 93.9 cm³/mol. The summed E-state index contributed by atoms with van der Waals surface area (Å²) in [5.41, 5.74) is 4.59. The zero-order valence-corrected chi connectivity index (χ0v) is 13.7. The zero-order chi connectivity index (χ0) is 16.4. The summed E-state index contributed by atoms with van der Waals surface area (Å²) in [5, 5.41) is 0. The number of benzene rings is 1. The number of anilines is 1. The molecule has 24 heavy (non-hydrogen) atoms. The molecule has 0 aliphatic carbocycles. The number of rotatable bonds is 2. The van der Waals surface area contributed by atoms with Crippen LogP contribution >= 0.6 is 0 Å². The van der Waals surface area contributed by atoms with Gasteiger partial charge in [-0.05, 0) is 18.9 Å². The van der Waals surface area contributed by atoms with Gasteiger partial charge < -0.3 is 4.90 Å². The Hall–Kier alpha value is -2.82. The van der Waals surface area contributed by atoms with Crippen LogP contribution < -0.4 is 4.90 Å². The van der Waals surface area contributed by atoms with E-state index in [9.17, 15) is 0 Å². The molecule has 0 saturated heterocycles. The highest BCUT2D eigenvalue weighted by Crippen LogP contribution is 2.23. The number of aryl methyl sites for hydroxylation is 1. The average molecular weight is 317 g/mol. The summed E-state index contributed by atoms with van der Waals surface area (Å²) in [4.78, 5) is 20.5. The molecule has 0 unspecified atom stereocenters. The molecule has 0 spiro atoms. The van der Waals surface area contributed by atoms with E-state index in [1.165, 1.54) is 5.56 Å². The van der Waals surface area contributed by atoms with Crippen LogP contribution in [0.25, 0.3) is 11.4 Å². The molecule has 0 radical (unpaired) electrons. The maximum absolute atomic E-state index is 4.86. The SMILES string of the molecule is Cc1nc(-c2ccccc2)nc2c1CCN(c1cnccn1)CC2. The largest absolute Gasteiger partial charge is 0.355 e. The van der Waals surface area contributed by atoms with E-state index in [1.807, 2.05) is 24.4 Å². The number of fused-ring (bicyclic) bond motifs is 1. The van der Waals surface area contributed by atoms with Gasteiger partial charge in [-0.15, -0.1) is 0 Å². The van der Waals surface area contributed by atoms with E-state index in [-0.39, 0.29) is 0 Å². The summed E-state index contributed by atoms with van der Waals surface area (Å²) >= 11 is 0. The molecule has 1 aliphatic heterocycles. The van der Waals surface area contributed by atoms with Crippen LogP contribution in [0.3, 0.4) is 0 Å². The van der Waals surface area contributed by atoms with E-state index in [2.05, 4.69) is 33.9 Å². The molecule has 0 fully saturated rings. The van der Waals surface area contributed by atoms with Crippen LogP contribution in [0.5, 0.6) is 0 Å². The summed E-state index contributed by atoms with van der Waals surface area (Å²) in [6.45, 7) is 3.90. The minimum absolute atomic E-state index is 0.819. The van der Waals surface area contributed by atoms with Gasteiger partial charge >= 0.3 is 0 Å². The third-order valence-electron chi connectivity index (χ3n) is 4.46. The molecule has 5 heteroatoms. The third kappa shape index (κ3) is 2.85. The van der Waals surface area contributed by atoms with Crippen molar-refractivity contribution in [3.05, 3.63) is 65.9 Å². The van der Waals surface area contributed by atoms with Gasteiger partial charge in [-0.25, -0.2) is 15.0 Å². The monoisotopic (exact) mass is 317 g/mol. The van der Waals surface area contributed by atoms with Gasteiger partial charge in [0.1, 0.15) is 5.82 Å². The molecule has 3 heterocycles. The fourth-order valence-corrected chi connectivity index (χ4v) is 3.19. The minimum Gasteiger partial charge on any atom is -0.355 e. The van der Waals surface area contributed by atoms with Crippen LogP contribution in [0.15, 0.2) is 48.9 Å². The lowest BCUT2D eigenvalue weighted by molar-refractivity contribution is 0.783. The second-order valence-electron chi connectivity index (χ2n) is 5.97. The van der Waals surface area contributed by atoms with Gasteiger partial charge in [0.15, 0.2) is 5.82 Å². The van der Waals surface area contributed by atoms with Crippen molar-refractivity contribution in [2.45, 2.75) is 19.8 Å². The first-order valence-corrected chi connectivity index (χ1v) is 8.24. The molecule has 120 valence electrons. The summed E-state index contributed by atoms with van der Waals surface area (Å²) in [7, 11) is 0. The second-order valence-corrected chi connectivity index (χ2v) is 5.97. The molecule has 5 nitrogen and oxygen atoms in total. The summed E-state index contributed by atoms with van der Waals surface area (Å²) in [6.07, 6.45) is 7.11. The van der Waals surface area contributed by atoms with Crippen LogP contribution in [-0.4, -0.2) is 33.0 Å². The number of hydrogen-bond donors (Lipinski definition) is 0. The smallest absolute Gasteiger partial charge is 0.159 e. The van der Waals surface area contributed by atoms with E-state index in [1.54, 1.807) is 12.4 Å². The normalized spacial score (nSPS) is 14.1. The van der Waals surface area contributed by atoms with E-state index < -0.39 is 0 Å². The van der Waals surface area contributed by atoms with Crippen LogP contribution in [-0.2, 0) is 12.8 Å². The third-order valence-corrected chi connectivity index (χ3v) is 4.46. The van der Waals surface area contributed by atoms with Crippen LogP contribution in [0.2, 0.25) is 0 Å². The number of nitrogens with zero attached hydrogens (tertiary/aromatic N) is 5. The van der Waals surface area contributed by atoms with Gasteiger partial charge in [0.05, 0.1) is 6.20 Å². The van der Waals surface area contributed by atoms with Crippen LogP contribution in [0, 0.1) is 6.92 Å². The average Bonchev–Trinajstić information content (AvgIpc) is 2.86. The van der Waals surface area contributed by atoms with Crippen molar-refractivity contribution < 1.29 is 0 Å². The fourth-order valence-electron chi connectivity index (χ4n) is 3.19. The van der Waals surface area contributed by atoms with E-state index in [0.29, 0.717) is 0 Å². The maximum atomic E-state index is 4.86. The van der Waals surface area contributed by atoms with E-state index in [4.69, 9.17) is 9.97 Å². The molecule has 0 bridgehead atoms. The van der Waals surface area contributed by atoms with Crippen molar-refractivity contribution in [1.82, 2.24) is 19.9 Å². The van der Waals surface area contributed by atoms with Gasteiger partial charge in [-0.3, -0.25) is 4.98 Å². The molecule has 0 atom stereocenters. The van der Waals surface area contributed by atoms with Crippen molar-refractivity contribution in [1.29, 1.82) is 0 Å². The Balaban J connectivity index is 1.65. The van der Waals surface area contributed by atoms with Crippen molar-refractivity contribution in [2.24, 2.45) is 0 Å². The van der Waals surface area contributed by atoms with Crippen LogP contribution in [0.1, 0.15) is 17.0 Å². The van der Waals surface area contributed by atoms with Crippen molar-refractivity contribution in [2.75, 3.05) is 18.0 Å².